The van der Waals surface area contributed by atoms with Gasteiger partial charge < -0.3 is 19.9 Å². The normalized spacial score (nSPS) is 12.1. The Bertz CT molecular complexity index is 1160. The SMILES string of the molecule is CCC(c1nc2ccccc2c(=O)n1CC)N(CCN(C)C)C(=O)Nc1ccccc1OC. The van der Waals surface area contributed by atoms with Crippen LogP contribution in [0.2, 0.25) is 0 Å². The fourth-order valence-corrected chi connectivity index (χ4v) is 3.93. The summed E-state index contributed by atoms with van der Waals surface area (Å²) < 4.78 is 7.07. The standard InChI is InChI=1S/C25H33N5O3/c1-6-21(23-26-19-13-9-8-12-18(19)24(31)29(23)7-2)30(17-16-28(3)4)25(32)27-20-14-10-11-15-22(20)33-5/h8-15,21H,6-7,16-17H2,1-5H3,(H,27,32). The maximum absolute atomic E-state index is 13.5. The molecule has 1 N–H and O–H groups in total. The number of amides is 2. The van der Waals surface area contributed by atoms with E-state index in [4.69, 9.17) is 9.72 Å². The molecule has 8 nitrogen and oxygen atoms in total. The Morgan fingerprint density at radius 2 is 1.79 bits per heavy atom. The number of ether oxygens (including phenoxy) is 1. The van der Waals surface area contributed by atoms with Crippen molar-refractivity contribution < 1.29 is 9.53 Å². The van der Waals surface area contributed by atoms with E-state index in [0.29, 0.717) is 54.2 Å². The molecule has 0 bridgehead atoms. The summed E-state index contributed by atoms with van der Waals surface area (Å²) in [6, 6.07) is 14.0. The Balaban J connectivity index is 2.07. The predicted octanol–water partition coefficient (Wildman–Crippen LogP) is 3.97. The number of benzene rings is 2. The Hall–Kier alpha value is -3.39. The molecule has 1 atom stereocenters. The number of para-hydroxylation sites is 3. The first kappa shape index (κ1) is 24.3. The van der Waals surface area contributed by atoms with E-state index in [0.717, 1.165) is 0 Å². The summed E-state index contributed by atoms with van der Waals surface area (Å²) in [6.07, 6.45) is 0.609. The highest BCUT2D eigenvalue weighted by Gasteiger charge is 2.28. The number of likely N-dealkylation sites (N-methyl/N-ethyl adjacent to an activating group) is 1. The number of nitrogens with zero attached hydrogens (tertiary/aromatic N) is 4. The molecule has 0 fully saturated rings. The molecule has 1 heterocycles. The van der Waals surface area contributed by atoms with Gasteiger partial charge in [-0.2, -0.15) is 0 Å². The second-order valence-electron chi connectivity index (χ2n) is 8.09. The number of rotatable bonds is 9. The summed E-state index contributed by atoms with van der Waals surface area (Å²) in [7, 11) is 5.50. The Labute approximate surface area is 194 Å². The lowest BCUT2D eigenvalue weighted by Crippen LogP contribution is -2.44. The predicted molar refractivity (Wildman–Crippen MR) is 132 cm³/mol. The van der Waals surface area contributed by atoms with Gasteiger partial charge in [-0.05, 0) is 51.7 Å². The fraction of sp³-hybridized carbons (Fsp3) is 0.400. The van der Waals surface area contributed by atoms with Crippen LogP contribution in [0, 0.1) is 0 Å². The molecule has 1 aromatic heterocycles. The molecule has 0 aliphatic heterocycles. The van der Waals surface area contributed by atoms with Gasteiger partial charge in [-0.3, -0.25) is 9.36 Å². The molecular weight excluding hydrogens is 418 g/mol. The summed E-state index contributed by atoms with van der Waals surface area (Å²) >= 11 is 0. The minimum absolute atomic E-state index is 0.0887. The summed E-state index contributed by atoms with van der Waals surface area (Å²) in [6.45, 7) is 5.54. The van der Waals surface area contributed by atoms with Crippen LogP contribution >= 0.6 is 0 Å². The number of carbonyl (C=O) groups is 1. The van der Waals surface area contributed by atoms with Gasteiger partial charge in [0.1, 0.15) is 11.6 Å². The lowest BCUT2D eigenvalue weighted by Gasteiger charge is -2.33. The molecule has 0 aliphatic carbocycles. The third-order valence-electron chi connectivity index (χ3n) is 5.67. The van der Waals surface area contributed by atoms with Gasteiger partial charge >= 0.3 is 6.03 Å². The van der Waals surface area contributed by atoms with Crippen LogP contribution < -0.4 is 15.6 Å². The van der Waals surface area contributed by atoms with Crippen molar-refractivity contribution >= 4 is 22.6 Å². The Morgan fingerprint density at radius 3 is 2.45 bits per heavy atom. The van der Waals surface area contributed by atoms with Gasteiger partial charge in [0.05, 0.1) is 29.7 Å². The summed E-state index contributed by atoms with van der Waals surface area (Å²) in [5, 5.41) is 3.57. The van der Waals surface area contributed by atoms with Gasteiger partial charge in [0, 0.05) is 19.6 Å². The van der Waals surface area contributed by atoms with Gasteiger partial charge in [0.15, 0.2) is 0 Å². The molecule has 0 saturated carbocycles. The molecule has 1 unspecified atom stereocenters. The van der Waals surface area contributed by atoms with Crippen molar-refractivity contribution in [1.82, 2.24) is 19.4 Å². The van der Waals surface area contributed by atoms with Crippen molar-refractivity contribution in [3.05, 3.63) is 64.7 Å². The number of urea groups is 1. The molecule has 176 valence electrons. The molecule has 0 aliphatic rings. The van der Waals surface area contributed by atoms with Crippen LogP contribution in [0.5, 0.6) is 5.75 Å². The molecule has 0 spiro atoms. The lowest BCUT2D eigenvalue weighted by molar-refractivity contribution is 0.171. The van der Waals surface area contributed by atoms with Crippen LogP contribution in [-0.2, 0) is 6.54 Å². The summed E-state index contributed by atoms with van der Waals surface area (Å²) in [4.78, 5) is 35.4. The first-order chi connectivity index (χ1) is 15.9. The average Bonchev–Trinajstić information content (AvgIpc) is 2.82. The molecule has 0 radical (unpaired) electrons. The van der Waals surface area contributed by atoms with Crippen LogP contribution in [0.3, 0.4) is 0 Å². The fourth-order valence-electron chi connectivity index (χ4n) is 3.93. The first-order valence-electron chi connectivity index (χ1n) is 11.3. The number of methoxy groups -OCH3 is 1. The Kier molecular flexibility index (Phi) is 8.06. The monoisotopic (exact) mass is 451 g/mol. The quantitative estimate of drug-likeness (QED) is 0.533. The average molecular weight is 452 g/mol. The minimum atomic E-state index is -0.378. The Morgan fingerprint density at radius 1 is 1.09 bits per heavy atom. The lowest BCUT2D eigenvalue weighted by atomic mass is 10.1. The van der Waals surface area contributed by atoms with Crippen LogP contribution in [0.25, 0.3) is 10.9 Å². The number of fused-ring (bicyclic) bond motifs is 1. The highest BCUT2D eigenvalue weighted by Crippen LogP contribution is 2.27. The molecule has 33 heavy (non-hydrogen) atoms. The summed E-state index contributed by atoms with van der Waals surface area (Å²) in [5.41, 5.74) is 1.14. The third-order valence-corrected chi connectivity index (χ3v) is 5.67. The van der Waals surface area contributed by atoms with Crippen LogP contribution in [-0.4, -0.2) is 59.7 Å². The van der Waals surface area contributed by atoms with Crippen molar-refractivity contribution in [2.45, 2.75) is 32.9 Å². The molecule has 8 heteroatoms. The molecule has 3 aromatic rings. The largest absolute Gasteiger partial charge is 0.495 e. The van der Waals surface area contributed by atoms with Crippen molar-refractivity contribution in [2.24, 2.45) is 0 Å². The maximum atomic E-state index is 13.5. The van der Waals surface area contributed by atoms with Gasteiger partial charge in [0.2, 0.25) is 0 Å². The van der Waals surface area contributed by atoms with Gasteiger partial charge in [0.25, 0.3) is 5.56 Å². The number of aromatic nitrogens is 2. The van der Waals surface area contributed by atoms with E-state index in [-0.39, 0.29) is 17.6 Å². The van der Waals surface area contributed by atoms with E-state index in [1.54, 1.807) is 34.8 Å². The number of anilines is 1. The number of hydrogen-bond donors (Lipinski definition) is 1. The van der Waals surface area contributed by atoms with Crippen LogP contribution in [0.15, 0.2) is 53.3 Å². The molecule has 0 saturated heterocycles. The molecule has 2 aromatic carbocycles. The molecular formula is C25H33N5O3. The summed E-state index contributed by atoms with van der Waals surface area (Å²) in [5.74, 6) is 1.18. The van der Waals surface area contributed by atoms with Crippen molar-refractivity contribution in [3.63, 3.8) is 0 Å². The highest BCUT2D eigenvalue weighted by molar-refractivity contribution is 5.91. The second kappa shape index (κ2) is 11.0. The van der Waals surface area contributed by atoms with E-state index >= 15 is 0 Å². The third kappa shape index (κ3) is 5.34. The molecule has 3 rings (SSSR count). The van der Waals surface area contributed by atoms with E-state index in [2.05, 4.69) is 5.32 Å². The van der Waals surface area contributed by atoms with Crippen LogP contribution in [0.1, 0.15) is 32.1 Å². The second-order valence-corrected chi connectivity index (χ2v) is 8.09. The smallest absolute Gasteiger partial charge is 0.322 e. The van der Waals surface area contributed by atoms with Crippen molar-refractivity contribution in [3.8, 4) is 5.75 Å². The van der Waals surface area contributed by atoms with Gasteiger partial charge in [-0.1, -0.05) is 31.2 Å². The van der Waals surface area contributed by atoms with Crippen molar-refractivity contribution in [1.29, 1.82) is 0 Å². The minimum Gasteiger partial charge on any atom is -0.495 e. The first-order valence-corrected chi connectivity index (χ1v) is 11.3. The van der Waals surface area contributed by atoms with E-state index in [1.807, 2.05) is 63.2 Å². The topological polar surface area (TPSA) is 79.7 Å². The maximum Gasteiger partial charge on any atom is 0.322 e. The number of carbonyl (C=O) groups excluding carboxylic acids is 1. The zero-order valence-corrected chi connectivity index (χ0v) is 20.0. The van der Waals surface area contributed by atoms with E-state index in [9.17, 15) is 9.59 Å². The number of nitrogens with one attached hydrogen (secondary N) is 1. The zero-order valence-electron chi connectivity index (χ0n) is 20.0. The highest BCUT2D eigenvalue weighted by atomic mass is 16.5. The van der Waals surface area contributed by atoms with E-state index < -0.39 is 0 Å². The van der Waals surface area contributed by atoms with Gasteiger partial charge in [-0.25, -0.2) is 9.78 Å². The van der Waals surface area contributed by atoms with Crippen LogP contribution in [0.4, 0.5) is 10.5 Å². The number of hydrogen-bond acceptors (Lipinski definition) is 5. The molecule has 2 amide bonds. The van der Waals surface area contributed by atoms with E-state index in [1.165, 1.54) is 0 Å². The van der Waals surface area contributed by atoms with Crippen molar-refractivity contribution in [2.75, 3.05) is 39.6 Å². The zero-order chi connectivity index (χ0) is 24.0. The van der Waals surface area contributed by atoms with Gasteiger partial charge in [-0.15, -0.1) is 0 Å².